The Morgan fingerprint density at radius 2 is 1.62 bits per heavy atom. The Bertz CT molecular complexity index is 971. The molecule has 32 heavy (non-hydrogen) atoms. The van der Waals surface area contributed by atoms with Crippen molar-refractivity contribution in [2.24, 2.45) is 0 Å². The summed E-state index contributed by atoms with van der Waals surface area (Å²) in [6, 6.07) is 22.2. The number of esters is 1. The van der Waals surface area contributed by atoms with Crippen LogP contribution in [0.4, 0.5) is 0 Å². The normalized spacial score (nSPS) is 21.1. The number of piperidine rings is 1. The molecule has 1 saturated heterocycles. The van der Waals surface area contributed by atoms with E-state index in [1.165, 1.54) is 5.56 Å². The highest BCUT2D eigenvalue weighted by Gasteiger charge is 2.44. The number of likely N-dealkylation sites (N-methyl/N-ethyl adjacent to an activating group) is 1. The molecule has 2 atom stereocenters. The van der Waals surface area contributed by atoms with E-state index in [2.05, 4.69) is 12.0 Å². The largest absolute Gasteiger partial charge is 0.454 e. The summed E-state index contributed by atoms with van der Waals surface area (Å²) in [6.45, 7) is 2.77. The van der Waals surface area contributed by atoms with Crippen molar-refractivity contribution in [2.75, 3.05) is 26.7 Å². The van der Waals surface area contributed by atoms with Crippen molar-refractivity contribution in [3.8, 4) is 0 Å². The summed E-state index contributed by atoms with van der Waals surface area (Å²) in [4.78, 5) is 17.5. The van der Waals surface area contributed by atoms with Gasteiger partial charge in [0.15, 0.2) is 6.10 Å². The van der Waals surface area contributed by atoms with Crippen molar-refractivity contribution in [3.63, 3.8) is 0 Å². The third kappa shape index (κ3) is 4.90. The number of rotatable bonds is 7. The zero-order valence-electron chi connectivity index (χ0n) is 18.6. The number of likely N-dealkylation sites (tertiary alicyclic amines) is 1. The van der Waals surface area contributed by atoms with E-state index in [-0.39, 0.29) is 6.10 Å². The average molecular weight is 432 g/mol. The Balaban J connectivity index is 1.49. The molecular formula is C27H31N2O3+. The molecule has 0 spiro atoms. The van der Waals surface area contributed by atoms with Gasteiger partial charge in [-0.25, -0.2) is 4.79 Å². The molecule has 4 rings (SSSR count). The Morgan fingerprint density at radius 3 is 2.22 bits per heavy atom. The Hall–Kier alpha value is -3.02. The molecule has 1 aliphatic rings. The van der Waals surface area contributed by atoms with Crippen LogP contribution in [-0.2, 0) is 21.6 Å². The maximum Gasteiger partial charge on any atom is 0.348 e. The summed E-state index contributed by atoms with van der Waals surface area (Å²) < 4.78 is 6.84. The lowest BCUT2D eigenvalue weighted by Gasteiger charge is -2.41. The molecule has 0 amide bonds. The molecule has 5 heteroatoms. The summed E-state index contributed by atoms with van der Waals surface area (Å²) in [5.41, 5.74) is 0.463. The molecule has 2 aromatic carbocycles. The zero-order valence-corrected chi connectivity index (χ0v) is 18.6. The lowest BCUT2D eigenvalue weighted by Crippen LogP contribution is -2.55. The van der Waals surface area contributed by atoms with Crippen molar-refractivity contribution in [1.29, 1.82) is 0 Å². The van der Waals surface area contributed by atoms with Crippen LogP contribution < -0.4 is 0 Å². The predicted molar refractivity (Wildman–Crippen MR) is 124 cm³/mol. The van der Waals surface area contributed by atoms with Crippen LogP contribution in [0.2, 0.25) is 0 Å². The predicted octanol–water partition coefficient (Wildman–Crippen LogP) is 3.71. The molecule has 0 aliphatic carbocycles. The van der Waals surface area contributed by atoms with Crippen molar-refractivity contribution < 1.29 is 19.1 Å². The molecule has 0 radical (unpaired) electrons. The quantitative estimate of drug-likeness (QED) is 0.458. The van der Waals surface area contributed by atoms with Crippen molar-refractivity contribution in [2.45, 2.75) is 31.0 Å². The molecule has 166 valence electrons. The molecule has 5 nitrogen and oxygen atoms in total. The van der Waals surface area contributed by atoms with Crippen molar-refractivity contribution in [3.05, 3.63) is 102 Å². The van der Waals surface area contributed by atoms with Crippen LogP contribution in [0.15, 0.2) is 85.2 Å². The van der Waals surface area contributed by atoms with Crippen LogP contribution in [0.3, 0.4) is 0 Å². The summed E-state index contributed by atoms with van der Waals surface area (Å²) in [7, 11) is 2.22. The molecular weight excluding hydrogens is 400 g/mol. The van der Waals surface area contributed by atoms with Gasteiger partial charge in [-0.05, 0) is 35.2 Å². The molecule has 1 aliphatic heterocycles. The van der Waals surface area contributed by atoms with E-state index in [1.54, 1.807) is 24.3 Å². The van der Waals surface area contributed by atoms with Gasteiger partial charge in [-0.15, -0.1) is 0 Å². The number of pyridine rings is 1. The first kappa shape index (κ1) is 22.2. The smallest absolute Gasteiger partial charge is 0.348 e. The van der Waals surface area contributed by atoms with Crippen LogP contribution in [0, 0.1) is 0 Å². The minimum Gasteiger partial charge on any atom is -0.454 e. The molecule has 1 N–H and O–H groups in total. The number of ether oxygens (including phenoxy) is 1. The number of carbonyl (C=O) groups excluding carboxylic acids is 1. The van der Waals surface area contributed by atoms with Gasteiger partial charge in [0.05, 0.1) is 20.1 Å². The number of aliphatic hydroxyl groups is 1. The van der Waals surface area contributed by atoms with Gasteiger partial charge in [0.1, 0.15) is 6.54 Å². The molecule has 1 fully saturated rings. The third-order valence-corrected chi connectivity index (χ3v) is 6.51. The number of carbonyl (C=O) groups is 1. The standard InChI is InChI=1S/C27H31N2O3/c1-29(20-16-22-14-17-28-18-15-22)19-8-13-25(21-29)32-26(30)27(31,23-9-4-2-5-10-23)24-11-6-3-7-12-24/h2-7,9-12,14-15,17-18,25,31H,8,13,16,19-21H2,1H3/q+1. The van der Waals surface area contributed by atoms with Crippen molar-refractivity contribution >= 4 is 5.97 Å². The number of benzene rings is 2. The van der Waals surface area contributed by atoms with Gasteiger partial charge in [0.25, 0.3) is 0 Å². The van der Waals surface area contributed by atoms with E-state index in [4.69, 9.17) is 4.74 Å². The van der Waals surface area contributed by atoms with E-state index >= 15 is 0 Å². The topological polar surface area (TPSA) is 59.4 Å². The Labute approximate surface area is 189 Å². The van der Waals surface area contributed by atoms with Gasteiger partial charge in [0.2, 0.25) is 5.60 Å². The highest BCUT2D eigenvalue weighted by atomic mass is 16.6. The number of aromatic nitrogens is 1. The third-order valence-electron chi connectivity index (χ3n) is 6.51. The maximum absolute atomic E-state index is 13.4. The summed E-state index contributed by atoms with van der Waals surface area (Å²) in [6.07, 6.45) is 6.18. The van der Waals surface area contributed by atoms with Gasteiger partial charge < -0.3 is 14.3 Å². The van der Waals surface area contributed by atoms with Crippen LogP contribution in [-0.4, -0.2) is 53.3 Å². The van der Waals surface area contributed by atoms with Crippen molar-refractivity contribution in [1.82, 2.24) is 4.98 Å². The molecule has 3 aromatic rings. The number of nitrogens with zero attached hydrogens (tertiary/aromatic N) is 2. The first-order chi connectivity index (χ1) is 15.5. The fourth-order valence-corrected chi connectivity index (χ4v) is 4.62. The zero-order chi connectivity index (χ0) is 22.4. The first-order valence-corrected chi connectivity index (χ1v) is 11.3. The number of hydrogen-bond donors (Lipinski definition) is 1. The molecule has 2 unspecified atom stereocenters. The highest BCUT2D eigenvalue weighted by molar-refractivity contribution is 5.85. The lowest BCUT2D eigenvalue weighted by molar-refractivity contribution is -0.916. The second-order valence-electron chi connectivity index (χ2n) is 8.97. The van der Waals surface area contributed by atoms with Gasteiger partial charge in [-0.1, -0.05) is 60.7 Å². The fourth-order valence-electron chi connectivity index (χ4n) is 4.62. The molecule has 0 bridgehead atoms. The van der Waals surface area contributed by atoms with Gasteiger partial charge >= 0.3 is 5.97 Å². The Kier molecular flexibility index (Phi) is 6.68. The van der Waals surface area contributed by atoms with Gasteiger partial charge in [0, 0.05) is 25.2 Å². The van der Waals surface area contributed by atoms with E-state index < -0.39 is 11.6 Å². The lowest BCUT2D eigenvalue weighted by atomic mass is 9.86. The SMILES string of the molecule is C[N+]1(CCc2ccncc2)CCCC(OC(=O)C(O)(c2ccccc2)c2ccccc2)C1. The van der Waals surface area contributed by atoms with E-state index in [9.17, 15) is 9.90 Å². The fraction of sp³-hybridized carbons (Fsp3) is 0.333. The number of quaternary nitrogens is 1. The molecule has 1 aromatic heterocycles. The van der Waals surface area contributed by atoms with Crippen LogP contribution in [0.1, 0.15) is 29.5 Å². The van der Waals surface area contributed by atoms with Gasteiger partial charge in [-0.2, -0.15) is 0 Å². The Morgan fingerprint density at radius 1 is 1.03 bits per heavy atom. The number of hydrogen-bond acceptors (Lipinski definition) is 4. The second kappa shape index (κ2) is 9.63. The monoisotopic (exact) mass is 431 g/mol. The highest BCUT2D eigenvalue weighted by Crippen LogP contribution is 2.32. The minimum atomic E-state index is -1.83. The van der Waals surface area contributed by atoms with E-state index in [1.807, 2.05) is 60.9 Å². The summed E-state index contributed by atoms with van der Waals surface area (Å²) in [5, 5.41) is 11.6. The summed E-state index contributed by atoms with van der Waals surface area (Å²) >= 11 is 0. The van der Waals surface area contributed by atoms with Crippen LogP contribution in [0.25, 0.3) is 0 Å². The average Bonchev–Trinajstić information content (AvgIpc) is 2.84. The summed E-state index contributed by atoms with van der Waals surface area (Å²) in [5.74, 6) is -0.609. The minimum absolute atomic E-state index is 0.224. The molecule has 2 heterocycles. The second-order valence-corrected chi connectivity index (χ2v) is 8.97. The van der Waals surface area contributed by atoms with Crippen LogP contribution in [0.5, 0.6) is 0 Å². The molecule has 0 saturated carbocycles. The first-order valence-electron chi connectivity index (χ1n) is 11.3. The maximum atomic E-state index is 13.4. The van der Waals surface area contributed by atoms with Gasteiger partial charge in [-0.3, -0.25) is 4.98 Å². The van der Waals surface area contributed by atoms with E-state index in [0.717, 1.165) is 43.4 Å². The van der Waals surface area contributed by atoms with E-state index in [0.29, 0.717) is 11.1 Å². The van der Waals surface area contributed by atoms with Crippen LogP contribution >= 0.6 is 0 Å².